The largest absolute Gasteiger partial charge is 0.378 e. The highest BCUT2D eigenvalue weighted by molar-refractivity contribution is 7.15. The summed E-state index contributed by atoms with van der Waals surface area (Å²) in [5, 5.41) is 16.1. The van der Waals surface area contributed by atoms with Crippen LogP contribution in [0.4, 0.5) is 5.13 Å². The number of carbonyl (C=O) groups excluding carboxylic acids is 2. The van der Waals surface area contributed by atoms with E-state index in [1.165, 1.54) is 11.3 Å². The maximum atomic E-state index is 12.5. The van der Waals surface area contributed by atoms with Gasteiger partial charge >= 0.3 is 0 Å². The van der Waals surface area contributed by atoms with Crippen LogP contribution in [0.5, 0.6) is 0 Å². The maximum absolute atomic E-state index is 12.5. The molecular weight excluding hydrogens is 350 g/mol. The van der Waals surface area contributed by atoms with Crippen molar-refractivity contribution in [3.8, 4) is 0 Å². The zero-order valence-electron chi connectivity index (χ0n) is 15.2. The summed E-state index contributed by atoms with van der Waals surface area (Å²) in [5.41, 5.74) is 0.488. The van der Waals surface area contributed by atoms with E-state index in [0.29, 0.717) is 23.0 Å². The van der Waals surface area contributed by atoms with E-state index in [4.69, 9.17) is 0 Å². The lowest BCUT2D eigenvalue weighted by atomic mass is 10.1. The third-order valence-corrected chi connectivity index (χ3v) is 5.11. The zero-order valence-corrected chi connectivity index (χ0v) is 16.0. The quantitative estimate of drug-likeness (QED) is 0.661. The number of thiazole rings is 1. The van der Waals surface area contributed by atoms with Crippen LogP contribution < -0.4 is 10.6 Å². The lowest BCUT2D eigenvalue weighted by molar-refractivity contribution is -0.133. The predicted octanol–water partition coefficient (Wildman–Crippen LogP) is 3.22. The van der Waals surface area contributed by atoms with Gasteiger partial charge in [-0.15, -0.1) is 11.3 Å². The van der Waals surface area contributed by atoms with Crippen molar-refractivity contribution < 1.29 is 14.7 Å². The van der Waals surface area contributed by atoms with Crippen LogP contribution in [0, 0.1) is 0 Å². The molecule has 2 amide bonds. The fourth-order valence-corrected chi connectivity index (χ4v) is 3.22. The normalized spacial score (nSPS) is 13.3. The Kier molecular flexibility index (Phi) is 7.29. The minimum Gasteiger partial charge on any atom is -0.378 e. The van der Waals surface area contributed by atoms with Gasteiger partial charge in [0.2, 0.25) is 5.91 Å². The molecule has 0 saturated carbocycles. The van der Waals surface area contributed by atoms with Crippen LogP contribution in [-0.2, 0) is 9.59 Å². The Labute approximate surface area is 157 Å². The van der Waals surface area contributed by atoms with Crippen LogP contribution in [0.1, 0.15) is 56.1 Å². The summed E-state index contributed by atoms with van der Waals surface area (Å²) in [7, 11) is 0. The molecule has 6 nitrogen and oxygen atoms in total. The summed E-state index contributed by atoms with van der Waals surface area (Å²) in [6.07, 6.45) is 1.63. The second-order valence-electron chi connectivity index (χ2n) is 6.37. The number of rotatable bonds is 8. The number of carbonyl (C=O) groups is 2. The number of aliphatic hydroxyl groups excluding tert-OH is 1. The van der Waals surface area contributed by atoms with Crippen molar-refractivity contribution >= 4 is 28.3 Å². The van der Waals surface area contributed by atoms with E-state index in [2.05, 4.69) is 29.5 Å². The highest BCUT2D eigenvalue weighted by Crippen LogP contribution is 2.25. The second kappa shape index (κ2) is 9.45. The van der Waals surface area contributed by atoms with E-state index >= 15 is 0 Å². The fourth-order valence-electron chi connectivity index (χ4n) is 2.40. The van der Waals surface area contributed by atoms with E-state index in [1.54, 1.807) is 36.5 Å². The third-order valence-electron chi connectivity index (χ3n) is 3.90. The van der Waals surface area contributed by atoms with Gasteiger partial charge in [0, 0.05) is 11.1 Å². The monoisotopic (exact) mass is 375 g/mol. The van der Waals surface area contributed by atoms with E-state index in [1.807, 2.05) is 6.92 Å². The van der Waals surface area contributed by atoms with Gasteiger partial charge in [0.25, 0.3) is 5.91 Å². The number of hydrogen-bond acceptors (Lipinski definition) is 5. The molecule has 7 heteroatoms. The third kappa shape index (κ3) is 5.37. The first-order chi connectivity index (χ1) is 12.4. The Morgan fingerprint density at radius 3 is 2.46 bits per heavy atom. The SMILES string of the molecule is CCC[C@H](NC(=O)[C@@H](O)c1ccccc1)C(=O)Nc1ncc(C(C)C)s1. The van der Waals surface area contributed by atoms with Crippen molar-refractivity contribution in [2.24, 2.45) is 0 Å². The zero-order chi connectivity index (χ0) is 19.1. The van der Waals surface area contributed by atoms with Gasteiger partial charge < -0.3 is 15.7 Å². The number of anilines is 1. The van der Waals surface area contributed by atoms with Crippen molar-refractivity contribution in [1.29, 1.82) is 0 Å². The fraction of sp³-hybridized carbons (Fsp3) is 0.421. The molecule has 2 aromatic rings. The molecule has 0 unspecified atom stereocenters. The van der Waals surface area contributed by atoms with Gasteiger partial charge in [-0.3, -0.25) is 9.59 Å². The molecule has 0 aliphatic rings. The Balaban J connectivity index is 2.02. The smallest absolute Gasteiger partial charge is 0.254 e. The lowest BCUT2D eigenvalue weighted by Crippen LogP contribution is -2.45. The van der Waals surface area contributed by atoms with Crippen molar-refractivity contribution in [3.05, 3.63) is 47.0 Å². The van der Waals surface area contributed by atoms with Crippen molar-refractivity contribution in [3.63, 3.8) is 0 Å². The van der Waals surface area contributed by atoms with Crippen LogP contribution in [0.15, 0.2) is 36.5 Å². The molecule has 26 heavy (non-hydrogen) atoms. The molecule has 0 aliphatic carbocycles. The van der Waals surface area contributed by atoms with Gasteiger partial charge in [0.05, 0.1) is 0 Å². The van der Waals surface area contributed by atoms with Crippen molar-refractivity contribution in [2.45, 2.75) is 51.7 Å². The average Bonchev–Trinajstić information content (AvgIpc) is 3.10. The van der Waals surface area contributed by atoms with Crippen molar-refractivity contribution in [2.75, 3.05) is 5.32 Å². The van der Waals surface area contributed by atoms with Crippen LogP contribution in [-0.4, -0.2) is 27.9 Å². The predicted molar refractivity (Wildman–Crippen MR) is 103 cm³/mol. The number of nitrogens with zero attached hydrogens (tertiary/aromatic N) is 1. The topological polar surface area (TPSA) is 91.3 Å². The Hall–Kier alpha value is -2.25. The first-order valence-corrected chi connectivity index (χ1v) is 9.54. The van der Waals surface area contributed by atoms with E-state index < -0.39 is 18.1 Å². The lowest BCUT2D eigenvalue weighted by Gasteiger charge is -2.19. The number of aliphatic hydroxyl groups is 1. The average molecular weight is 375 g/mol. The highest BCUT2D eigenvalue weighted by Gasteiger charge is 2.25. The van der Waals surface area contributed by atoms with Gasteiger partial charge in [-0.25, -0.2) is 4.98 Å². The Bertz CT molecular complexity index is 731. The molecule has 0 spiro atoms. The number of benzene rings is 1. The molecule has 0 bridgehead atoms. The number of amides is 2. The van der Waals surface area contributed by atoms with Gasteiger partial charge in [0.15, 0.2) is 11.2 Å². The van der Waals surface area contributed by atoms with Crippen molar-refractivity contribution in [1.82, 2.24) is 10.3 Å². The van der Waals surface area contributed by atoms with Gasteiger partial charge in [-0.2, -0.15) is 0 Å². The molecule has 0 fully saturated rings. The second-order valence-corrected chi connectivity index (χ2v) is 7.44. The van der Waals surface area contributed by atoms with E-state index in [-0.39, 0.29) is 5.91 Å². The maximum Gasteiger partial charge on any atom is 0.254 e. The van der Waals surface area contributed by atoms with Gasteiger partial charge in [-0.05, 0) is 17.9 Å². The Morgan fingerprint density at radius 2 is 1.88 bits per heavy atom. The summed E-state index contributed by atoms with van der Waals surface area (Å²) in [6.45, 7) is 6.05. The summed E-state index contributed by atoms with van der Waals surface area (Å²) in [5.74, 6) is -0.581. The summed E-state index contributed by atoms with van der Waals surface area (Å²) in [6, 6.07) is 7.91. The standard InChI is InChI=1S/C19H25N3O3S/c1-4-8-14(17(24)22-19-20-11-15(26-19)12(2)3)21-18(25)16(23)13-9-6-5-7-10-13/h5-7,9-12,14,16,23H,4,8H2,1-3H3,(H,21,25)(H,20,22,24)/t14-,16-/m0/s1. The molecule has 1 aromatic carbocycles. The minimum atomic E-state index is -1.31. The number of hydrogen-bond donors (Lipinski definition) is 3. The molecule has 0 aliphatic heterocycles. The van der Waals surface area contributed by atoms with E-state index in [9.17, 15) is 14.7 Å². The van der Waals surface area contributed by atoms with Gasteiger partial charge in [0.1, 0.15) is 6.04 Å². The molecule has 1 heterocycles. The molecule has 0 radical (unpaired) electrons. The van der Waals surface area contributed by atoms with Crippen LogP contribution in [0.25, 0.3) is 0 Å². The molecule has 2 atom stereocenters. The van der Waals surface area contributed by atoms with Crippen LogP contribution in [0.2, 0.25) is 0 Å². The summed E-state index contributed by atoms with van der Waals surface area (Å²) in [4.78, 5) is 30.1. The highest BCUT2D eigenvalue weighted by atomic mass is 32.1. The first-order valence-electron chi connectivity index (χ1n) is 8.72. The number of aromatic nitrogens is 1. The molecule has 3 N–H and O–H groups in total. The van der Waals surface area contributed by atoms with E-state index in [0.717, 1.165) is 11.3 Å². The molecule has 1 aromatic heterocycles. The molecule has 0 saturated heterocycles. The number of nitrogens with one attached hydrogen (secondary N) is 2. The Morgan fingerprint density at radius 1 is 1.19 bits per heavy atom. The summed E-state index contributed by atoms with van der Waals surface area (Å²) < 4.78 is 0. The van der Waals surface area contributed by atoms with Crippen LogP contribution in [0.3, 0.4) is 0 Å². The van der Waals surface area contributed by atoms with Crippen LogP contribution >= 0.6 is 11.3 Å². The molecular formula is C19H25N3O3S. The molecule has 140 valence electrons. The summed E-state index contributed by atoms with van der Waals surface area (Å²) >= 11 is 1.42. The van der Waals surface area contributed by atoms with Gasteiger partial charge in [-0.1, -0.05) is 57.5 Å². The first kappa shape index (κ1) is 20.1. The molecule has 2 rings (SSSR count). The minimum absolute atomic E-state index is 0.329.